The van der Waals surface area contributed by atoms with Crippen LogP contribution < -0.4 is 4.90 Å². The fourth-order valence-electron chi connectivity index (χ4n) is 3.30. The largest absolute Gasteiger partial charge is 0.379 e. The molecule has 29 heavy (non-hydrogen) atoms. The maximum absolute atomic E-state index is 13.2. The second-order valence-electron chi connectivity index (χ2n) is 6.84. The second-order valence-corrected chi connectivity index (χ2v) is 10.6. The fraction of sp³-hybridized carbons (Fsp3) is 0.400. The van der Waals surface area contributed by atoms with E-state index in [4.69, 9.17) is 21.3 Å². The molecule has 0 saturated carbocycles. The van der Waals surface area contributed by atoms with Crippen molar-refractivity contribution in [3.05, 3.63) is 44.0 Å². The third-order valence-corrected chi connectivity index (χ3v) is 7.55. The molecule has 1 aliphatic rings. The third kappa shape index (κ3) is 5.57. The molecule has 3 aromatic rings. The van der Waals surface area contributed by atoms with Gasteiger partial charge in [-0.3, -0.25) is 14.6 Å². The number of hydrogen-bond donors (Lipinski definition) is 0. The zero-order valence-corrected chi connectivity index (χ0v) is 19.7. The van der Waals surface area contributed by atoms with E-state index in [1.54, 1.807) is 11.3 Å². The molecule has 1 aliphatic heterocycles. The summed E-state index contributed by atoms with van der Waals surface area (Å²) in [7, 11) is 0. The molecule has 0 atom stereocenters. The van der Waals surface area contributed by atoms with Crippen LogP contribution in [0.3, 0.4) is 0 Å². The lowest BCUT2D eigenvalue weighted by Gasteiger charge is -2.27. The zero-order chi connectivity index (χ0) is 20.2. The number of benzene rings is 1. The second kappa shape index (κ2) is 9.85. The molecule has 0 unspecified atom stereocenters. The van der Waals surface area contributed by atoms with Crippen LogP contribution in [0.2, 0.25) is 4.34 Å². The average molecular weight is 515 g/mol. The van der Waals surface area contributed by atoms with Crippen molar-refractivity contribution in [1.29, 1.82) is 0 Å². The van der Waals surface area contributed by atoms with Crippen LogP contribution in [0.1, 0.15) is 11.3 Å². The highest BCUT2D eigenvalue weighted by Crippen LogP contribution is 2.32. The monoisotopic (exact) mass is 513 g/mol. The number of carbonyl (C=O) groups is 1. The van der Waals surface area contributed by atoms with Crippen LogP contribution in [0.15, 0.2) is 34.8 Å². The van der Waals surface area contributed by atoms with Crippen LogP contribution in [0.4, 0.5) is 5.13 Å². The highest BCUT2D eigenvalue weighted by atomic mass is 79.9. The molecule has 2 aromatic heterocycles. The number of hydrogen-bond acceptors (Lipinski definition) is 6. The number of amides is 1. The normalized spacial score (nSPS) is 15.1. The van der Waals surface area contributed by atoms with Gasteiger partial charge in [0.1, 0.15) is 0 Å². The van der Waals surface area contributed by atoms with Gasteiger partial charge >= 0.3 is 0 Å². The molecule has 3 heterocycles. The predicted octanol–water partition coefficient (Wildman–Crippen LogP) is 5.07. The Hall–Kier alpha value is -1.03. The van der Waals surface area contributed by atoms with Crippen LogP contribution in [0.25, 0.3) is 10.2 Å². The molecule has 0 bridgehead atoms. The number of ether oxygens (including phenoxy) is 1. The van der Waals surface area contributed by atoms with E-state index < -0.39 is 0 Å². The van der Waals surface area contributed by atoms with Crippen LogP contribution >= 0.6 is 50.2 Å². The van der Waals surface area contributed by atoms with Crippen molar-refractivity contribution in [2.45, 2.75) is 12.8 Å². The summed E-state index contributed by atoms with van der Waals surface area (Å²) >= 11 is 12.6. The number of halogens is 2. The molecule has 0 radical (unpaired) electrons. The molecule has 5 nitrogen and oxygen atoms in total. The Morgan fingerprint density at radius 3 is 2.83 bits per heavy atom. The summed E-state index contributed by atoms with van der Waals surface area (Å²) in [5, 5.41) is 0.757. The first kappa shape index (κ1) is 21.2. The number of carbonyl (C=O) groups excluding carboxylic acids is 1. The Bertz CT molecular complexity index is 987. The van der Waals surface area contributed by atoms with Crippen LogP contribution in [-0.4, -0.2) is 55.2 Å². The van der Waals surface area contributed by atoms with Gasteiger partial charge in [0.2, 0.25) is 5.91 Å². The van der Waals surface area contributed by atoms with Gasteiger partial charge in [-0.2, -0.15) is 0 Å². The topological polar surface area (TPSA) is 45.7 Å². The van der Waals surface area contributed by atoms with Gasteiger partial charge in [0.25, 0.3) is 0 Å². The van der Waals surface area contributed by atoms with Crippen molar-refractivity contribution in [3.8, 4) is 0 Å². The Labute approximate surface area is 191 Å². The number of thiophene rings is 1. The number of thiazole rings is 1. The van der Waals surface area contributed by atoms with Crippen LogP contribution in [0.5, 0.6) is 0 Å². The van der Waals surface area contributed by atoms with E-state index in [0.29, 0.717) is 17.3 Å². The highest BCUT2D eigenvalue weighted by molar-refractivity contribution is 9.10. The van der Waals surface area contributed by atoms with Crippen molar-refractivity contribution in [3.63, 3.8) is 0 Å². The molecular formula is C20H21BrClN3O2S2. The Morgan fingerprint density at radius 2 is 2.07 bits per heavy atom. The predicted molar refractivity (Wildman–Crippen MR) is 125 cm³/mol. The van der Waals surface area contributed by atoms with Gasteiger partial charge in [-0.25, -0.2) is 4.98 Å². The number of aromatic nitrogens is 1. The number of nitrogens with zero attached hydrogens (tertiary/aromatic N) is 3. The maximum Gasteiger partial charge on any atom is 0.234 e. The lowest BCUT2D eigenvalue weighted by atomic mass is 10.3. The van der Waals surface area contributed by atoms with E-state index in [2.05, 4.69) is 20.8 Å². The van der Waals surface area contributed by atoms with Gasteiger partial charge in [-0.15, -0.1) is 11.3 Å². The van der Waals surface area contributed by atoms with Gasteiger partial charge in [0, 0.05) is 35.5 Å². The molecule has 1 saturated heterocycles. The van der Waals surface area contributed by atoms with Crippen molar-refractivity contribution in [1.82, 2.24) is 9.88 Å². The average Bonchev–Trinajstić information content (AvgIpc) is 3.31. The first-order chi connectivity index (χ1) is 14.1. The minimum Gasteiger partial charge on any atom is -0.379 e. The van der Waals surface area contributed by atoms with E-state index in [0.717, 1.165) is 64.0 Å². The fourth-order valence-corrected chi connectivity index (χ4v) is 5.94. The Balaban J connectivity index is 1.50. The SMILES string of the molecule is O=C(Cc1ccc(Cl)s1)N(CCCN1CCOCC1)c1nc2ccc(Br)cc2s1. The zero-order valence-electron chi connectivity index (χ0n) is 15.8. The summed E-state index contributed by atoms with van der Waals surface area (Å²) < 4.78 is 8.21. The molecular weight excluding hydrogens is 494 g/mol. The van der Waals surface area contributed by atoms with E-state index in [1.807, 2.05) is 35.2 Å². The molecule has 0 spiro atoms. The summed E-state index contributed by atoms with van der Waals surface area (Å²) in [4.78, 5) is 23.1. The van der Waals surface area contributed by atoms with E-state index in [9.17, 15) is 4.79 Å². The van der Waals surface area contributed by atoms with Crippen molar-refractivity contribution in [2.24, 2.45) is 0 Å². The van der Waals surface area contributed by atoms with E-state index >= 15 is 0 Å². The first-order valence-electron chi connectivity index (χ1n) is 9.49. The first-order valence-corrected chi connectivity index (χ1v) is 12.3. The summed E-state index contributed by atoms with van der Waals surface area (Å²) in [5.41, 5.74) is 0.915. The van der Waals surface area contributed by atoms with Gasteiger partial charge in [-0.1, -0.05) is 38.9 Å². The van der Waals surface area contributed by atoms with Crippen molar-refractivity contribution < 1.29 is 9.53 Å². The molecule has 4 rings (SSSR count). The van der Waals surface area contributed by atoms with Crippen LogP contribution in [0, 0.1) is 0 Å². The van der Waals surface area contributed by atoms with Gasteiger partial charge in [0.15, 0.2) is 5.13 Å². The van der Waals surface area contributed by atoms with Crippen molar-refractivity contribution in [2.75, 3.05) is 44.3 Å². The Kier molecular flexibility index (Phi) is 7.21. The summed E-state index contributed by atoms with van der Waals surface area (Å²) in [6.45, 7) is 5.08. The highest BCUT2D eigenvalue weighted by Gasteiger charge is 2.21. The number of morpholine rings is 1. The molecule has 1 fully saturated rings. The van der Waals surface area contributed by atoms with E-state index in [1.165, 1.54) is 11.3 Å². The maximum atomic E-state index is 13.2. The lowest BCUT2D eigenvalue weighted by molar-refractivity contribution is -0.118. The van der Waals surface area contributed by atoms with Gasteiger partial charge in [0.05, 0.1) is 34.2 Å². The van der Waals surface area contributed by atoms with Gasteiger partial charge < -0.3 is 4.74 Å². The van der Waals surface area contributed by atoms with Crippen molar-refractivity contribution >= 4 is 71.5 Å². The van der Waals surface area contributed by atoms with Crippen LogP contribution in [-0.2, 0) is 16.0 Å². The minimum atomic E-state index is 0.0589. The minimum absolute atomic E-state index is 0.0589. The third-order valence-electron chi connectivity index (χ3n) is 4.79. The van der Waals surface area contributed by atoms with Gasteiger partial charge in [-0.05, 0) is 36.8 Å². The molecule has 154 valence electrons. The molecule has 0 aliphatic carbocycles. The molecule has 0 N–H and O–H groups in total. The number of anilines is 1. The smallest absolute Gasteiger partial charge is 0.234 e. The number of fused-ring (bicyclic) bond motifs is 1. The molecule has 1 amide bonds. The van der Waals surface area contributed by atoms with E-state index in [-0.39, 0.29) is 5.91 Å². The quantitative estimate of drug-likeness (QED) is 0.441. The summed E-state index contributed by atoms with van der Waals surface area (Å²) in [5.74, 6) is 0.0589. The lowest BCUT2D eigenvalue weighted by Crippen LogP contribution is -2.39. The number of rotatable bonds is 7. The summed E-state index contributed by atoms with van der Waals surface area (Å²) in [6, 6.07) is 9.77. The molecule has 9 heteroatoms. The summed E-state index contributed by atoms with van der Waals surface area (Å²) in [6.07, 6.45) is 1.24. The Morgan fingerprint density at radius 1 is 1.24 bits per heavy atom. The standard InChI is InChI=1S/C20H21BrClN3O2S2/c21-14-2-4-16-17(12-14)29-20(23-16)25(7-1-6-24-8-10-27-11-9-24)19(26)13-15-3-5-18(22)28-15/h2-5,12H,1,6-11,13H2. The molecule has 1 aromatic carbocycles.